The zero-order valence-electron chi connectivity index (χ0n) is 13.9. The molecule has 0 aliphatic carbocycles. The Balaban J connectivity index is 2.69. The summed E-state index contributed by atoms with van der Waals surface area (Å²) in [4.78, 5) is 34.9. The van der Waals surface area contributed by atoms with Crippen LogP contribution in [0.5, 0.6) is 5.75 Å². The molecule has 1 aromatic carbocycles. The predicted octanol–water partition coefficient (Wildman–Crippen LogP) is 2.45. The number of rotatable bonds is 4. The molecule has 23 heavy (non-hydrogen) atoms. The van der Waals surface area contributed by atoms with E-state index in [0.717, 1.165) is 0 Å². The first-order valence-corrected chi connectivity index (χ1v) is 7.14. The third-order valence-electron chi connectivity index (χ3n) is 2.79. The minimum absolute atomic E-state index is 0.151. The van der Waals surface area contributed by atoms with Crippen LogP contribution in [-0.4, -0.2) is 34.5 Å². The summed E-state index contributed by atoms with van der Waals surface area (Å²) >= 11 is 0. The predicted molar refractivity (Wildman–Crippen MR) is 85.6 cm³/mol. The van der Waals surface area contributed by atoms with Crippen LogP contribution in [0.3, 0.4) is 0 Å². The number of phenols is 1. The molecule has 1 rings (SSSR count). The Bertz CT molecular complexity index is 619. The van der Waals surface area contributed by atoms with Gasteiger partial charge in [-0.25, -0.2) is 4.79 Å². The van der Waals surface area contributed by atoms with E-state index in [9.17, 15) is 19.5 Å². The Kier molecular flexibility index (Phi) is 5.73. The number of Topliss-reactive ketones (excluding diaryl/α,β-unsaturated/α-hetero) is 1. The maximum Gasteiger partial charge on any atom is 0.408 e. The molecule has 0 saturated heterocycles. The molecule has 0 aliphatic heterocycles. The van der Waals surface area contributed by atoms with E-state index in [0.29, 0.717) is 5.56 Å². The first kappa shape index (κ1) is 18.5. The van der Waals surface area contributed by atoms with Crippen LogP contribution in [-0.2, 0) is 9.53 Å². The lowest BCUT2D eigenvalue weighted by molar-refractivity contribution is -0.117. The van der Waals surface area contributed by atoms with Gasteiger partial charge in [-0.2, -0.15) is 0 Å². The zero-order valence-corrected chi connectivity index (χ0v) is 13.9. The molecule has 0 fully saturated rings. The van der Waals surface area contributed by atoms with E-state index in [4.69, 9.17) is 4.74 Å². The number of alkyl carbamates (subject to hydrolysis) is 1. The lowest BCUT2D eigenvalue weighted by atomic mass is 10.1. The smallest absolute Gasteiger partial charge is 0.408 e. The van der Waals surface area contributed by atoms with Crippen molar-refractivity contribution < 1.29 is 24.2 Å². The van der Waals surface area contributed by atoms with E-state index >= 15 is 0 Å². The topological polar surface area (TPSA) is 105 Å². The van der Waals surface area contributed by atoms with Crippen molar-refractivity contribution in [1.82, 2.24) is 5.32 Å². The van der Waals surface area contributed by atoms with Gasteiger partial charge in [0.15, 0.2) is 5.78 Å². The van der Waals surface area contributed by atoms with E-state index in [1.807, 2.05) is 0 Å². The van der Waals surface area contributed by atoms with Crippen molar-refractivity contribution in [2.75, 3.05) is 5.32 Å². The van der Waals surface area contributed by atoms with E-state index in [2.05, 4.69) is 10.6 Å². The summed E-state index contributed by atoms with van der Waals surface area (Å²) in [7, 11) is 0. The van der Waals surface area contributed by atoms with Crippen LogP contribution in [0.25, 0.3) is 0 Å². The molecule has 3 N–H and O–H groups in total. The molecule has 0 bridgehead atoms. The molecule has 7 nitrogen and oxygen atoms in total. The molecule has 0 aromatic heterocycles. The molecule has 0 saturated carbocycles. The molecule has 0 aliphatic rings. The summed E-state index contributed by atoms with van der Waals surface area (Å²) < 4.78 is 5.06. The number of ether oxygens (including phenoxy) is 1. The number of hydrogen-bond donors (Lipinski definition) is 3. The maximum absolute atomic E-state index is 12.0. The average Bonchev–Trinajstić information content (AvgIpc) is 2.38. The van der Waals surface area contributed by atoms with Gasteiger partial charge in [0.1, 0.15) is 17.4 Å². The van der Waals surface area contributed by atoms with Crippen LogP contribution in [0.2, 0.25) is 0 Å². The third kappa shape index (κ3) is 5.98. The van der Waals surface area contributed by atoms with Gasteiger partial charge in [-0.3, -0.25) is 9.59 Å². The molecule has 1 unspecified atom stereocenters. The number of anilines is 1. The molecule has 1 aromatic rings. The fourth-order valence-electron chi connectivity index (χ4n) is 1.65. The normalized spacial score (nSPS) is 12.2. The lowest BCUT2D eigenvalue weighted by Crippen LogP contribution is -2.43. The van der Waals surface area contributed by atoms with Gasteiger partial charge in [0.25, 0.3) is 0 Å². The van der Waals surface area contributed by atoms with Gasteiger partial charge in [-0.05, 0) is 52.8 Å². The Hall–Kier alpha value is -2.57. The van der Waals surface area contributed by atoms with Gasteiger partial charge in [0.2, 0.25) is 5.91 Å². The minimum atomic E-state index is -0.864. The second-order valence-corrected chi connectivity index (χ2v) is 6.15. The standard InChI is InChI=1S/C16H22N2O5/c1-9(17-15(22)23-16(3,4)5)14(21)18-12-7-6-11(10(2)19)8-13(12)20/h6-9,20H,1-5H3,(H,17,22)(H,18,21). The molecule has 0 spiro atoms. The van der Waals surface area contributed by atoms with Crippen molar-refractivity contribution in [3.05, 3.63) is 23.8 Å². The Labute approximate surface area is 135 Å². The monoisotopic (exact) mass is 322 g/mol. The van der Waals surface area contributed by atoms with Gasteiger partial charge in [-0.15, -0.1) is 0 Å². The number of carbonyl (C=O) groups excluding carboxylic acids is 3. The highest BCUT2D eigenvalue weighted by atomic mass is 16.6. The summed E-state index contributed by atoms with van der Waals surface area (Å²) in [5.41, 5.74) is -0.181. The Morgan fingerprint density at radius 3 is 2.30 bits per heavy atom. The van der Waals surface area contributed by atoms with Crippen LogP contribution in [0.4, 0.5) is 10.5 Å². The van der Waals surface area contributed by atoms with Gasteiger partial charge in [0.05, 0.1) is 5.69 Å². The molecule has 1 atom stereocenters. The van der Waals surface area contributed by atoms with Gasteiger partial charge in [-0.1, -0.05) is 0 Å². The third-order valence-corrected chi connectivity index (χ3v) is 2.79. The van der Waals surface area contributed by atoms with E-state index in [1.165, 1.54) is 32.0 Å². The average molecular weight is 322 g/mol. The minimum Gasteiger partial charge on any atom is -0.506 e. The Morgan fingerprint density at radius 2 is 1.83 bits per heavy atom. The fourth-order valence-corrected chi connectivity index (χ4v) is 1.65. The van der Waals surface area contributed by atoms with Crippen LogP contribution in [0.1, 0.15) is 45.0 Å². The van der Waals surface area contributed by atoms with Crippen LogP contribution in [0.15, 0.2) is 18.2 Å². The number of ketones is 1. The molecule has 0 heterocycles. The van der Waals surface area contributed by atoms with Crippen molar-refractivity contribution in [2.45, 2.75) is 46.3 Å². The number of aromatic hydroxyl groups is 1. The van der Waals surface area contributed by atoms with Crippen molar-refractivity contribution in [3.63, 3.8) is 0 Å². The molecule has 126 valence electrons. The maximum atomic E-state index is 12.0. The first-order valence-electron chi connectivity index (χ1n) is 7.14. The SMILES string of the molecule is CC(=O)c1ccc(NC(=O)C(C)NC(=O)OC(C)(C)C)c(O)c1. The molecule has 7 heteroatoms. The van der Waals surface area contributed by atoms with Crippen molar-refractivity contribution in [1.29, 1.82) is 0 Å². The van der Waals surface area contributed by atoms with E-state index in [-0.39, 0.29) is 17.2 Å². The van der Waals surface area contributed by atoms with Gasteiger partial charge in [0, 0.05) is 5.56 Å². The highest BCUT2D eigenvalue weighted by molar-refractivity contribution is 5.99. The van der Waals surface area contributed by atoms with Crippen molar-refractivity contribution in [3.8, 4) is 5.75 Å². The van der Waals surface area contributed by atoms with E-state index in [1.54, 1.807) is 20.8 Å². The quantitative estimate of drug-likeness (QED) is 0.583. The fraction of sp³-hybridized carbons (Fsp3) is 0.438. The Morgan fingerprint density at radius 1 is 1.22 bits per heavy atom. The van der Waals surface area contributed by atoms with E-state index < -0.39 is 23.6 Å². The molecule has 0 radical (unpaired) electrons. The van der Waals surface area contributed by atoms with Crippen molar-refractivity contribution in [2.24, 2.45) is 0 Å². The number of amides is 2. The molecule has 2 amide bonds. The number of benzene rings is 1. The number of carbonyl (C=O) groups is 3. The highest BCUT2D eigenvalue weighted by Crippen LogP contribution is 2.24. The largest absolute Gasteiger partial charge is 0.506 e. The number of nitrogens with one attached hydrogen (secondary N) is 2. The molecular weight excluding hydrogens is 300 g/mol. The summed E-state index contributed by atoms with van der Waals surface area (Å²) in [5.74, 6) is -0.949. The van der Waals surface area contributed by atoms with Gasteiger partial charge < -0.3 is 20.5 Å². The summed E-state index contributed by atoms with van der Waals surface area (Å²) in [5, 5.41) is 14.7. The van der Waals surface area contributed by atoms with Gasteiger partial charge >= 0.3 is 6.09 Å². The number of phenolic OH excluding ortho intramolecular Hbond substituents is 1. The zero-order chi connectivity index (χ0) is 17.8. The summed E-state index contributed by atoms with van der Waals surface area (Å²) in [6.45, 7) is 8.00. The first-order chi connectivity index (χ1) is 10.5. The van der Waals surface area contributed by atoms with Crippen LogP contribution in [0, 0.1) is 0 Å². The molecular formula is C16H22N2O5. The highest BCUT2D eigenvalue weighted by Gasteiger charge is 2.21. The summed E-state index contributed by atoms with van der Waals surface area (Å²) in [6, 6.07) is 3.31. The second kappa shape index (κ2) is 7.13. The second-order valence-electron chi connectivity index (χ2n) is 6.15. The summed E-state index contributed by atoms with van der Waals surface area (Å²) in [6.07, 6.45) is -0.712. The number of hydrogen-bond acceptors (Lipinski definition) is 5. The van der Waals surface area contributed by atoms with Crippen molar-refractivity contribution >= 4 is 23.5 Å². The van der Waals surface area contributed by atoms with Crippen LogP contribution >= 0.6 is 0 Å². The lowest BCUT2D eigenvalue weighted by Gasteiger charge is -2.21. The van der Waals surface area contributed by atoms with Crippen LogP contribution < -0.4 is 10.6 Å².